The Labute approximate surface area is 117 Å². The normalized spacial score (nSPS) is 12.3. The van der Waals surface area contributed by atoms with E-state index in [0.29, 0.717) is 5.57 Å². The number of hydrogen-bond donors (Lipinski definition) is 1. The van der Waals surface area contributed by atoms with Crippen LogP contribution in [-0.4, -0.2) is 41.6 Å². The molecular weight excluding hydrogens is 262 g/mol. The second-order valence-electron chi connectivity index (χ2n) is 5.27. The molecule has 0 rings (SSSR count). The van der Waals surface area contributed by atoms with Gasteiger partial charge < -0.3 is 18.6 Å². The quantitative estimate of drug-likeness (QED) is 0.522. The van der Waals surface area contributed by atoms with Crippen molar-refractivity contribution < 1.29 is 18.1 Å². The van der Waals surface area contributed by atoms with Crippen molar-refractivity contribution in [3.05, 3.63) is 12.2 Å². The number of carbonyl (C=O) groups is 1. The topological polar surface area (TPSA) is 56.8 Å². The van der Waals surface area contributed by atoms with E-state index in [4.69, 9.17) is 13.3 Å². The van der Waals surface area contributed by atoms with Crippen LogP contribution in [0.15, 0.2) is 12.2 Å². The van der Waals surface area contributed by atoms with Crippen LogP contribution in [0, 0.1) is 0 Å². The van der Waals surface area contributed by atoms with Crippen molar-refractivity contribution in [3.8, 4) is 0 Å². The first-order chi connectivity index (χ1) is 8.72. The summed E-state index contributed by atoms with van der Waals surface area (Å²) in [5.74, 6) is -0.112. The zero-order chi connectivity index (χ0) is 15.1. The summed E-state index contributed by atoms with van der Waals surface area (Å²) in [4.78, 5) is 11.6. The van der Waals surface area contributed by atoms with Crippen LogP contribution >= 0.6 is 0 Å². The Morgan fingerprint density at radius 1 is 1.21 bits per heavy atom. The minimum Gasteiger partial charge on any atom is -0.377 e. The molecule has 1 N–H and O–H groups in total. The molecule has 0 spiro atoms. The molecule has 0 heterocycles. The molecular formula is C13H27NO4Si. The van der Waals surface area contributed by atoms with E-state index in [1.807, 2.05) is 13.8 Å². The molecule has 0 aromatic heterocycles. The highest BCUT2D eigenvalue weighted by Gasteiger charge is 2.37. The molecule has 0 bridgehead atoms. The monoisotopic (exact) mass is 289 g/mol. The van der Waals surface area contributed by atoms with Gasteiger partial charge in [0.25, 0.3) is 0 Å². The summed E-state index contributed by atoms with van der Waals surface area (Å²) >= 11 is 0. The van der Waals surface area contributed by atoms with E-state index in [2.05, 4.69) is 11.9 Å². The van der Waals surface area contributed by atoms with Gasteiger partial charge in [0, 0.05) is 38.5 Å². The zero-order valence-corrected chi connectivity index (χ0v) is 14.0. The maximum Gasteiger partial charge on any atom is 0.500 e. The van der Waals surface area contributed by atoms with Crippen molar-refractivity contribution in [2.24, 2.45) is 0 Å². The van der Waals surface area contributed by atoms with Gasteiger partial charge in [-0.1, -0.05) is 6.58 Å². The molecule has 0 aliphatic carbocycles. The minimum atomic E-state index is -2.51. The van der Waals surface area contributed by atoms with Gasteiger partial charge >= 0.3 is 8.80 Å². The van der Waals surface area contributed by atoms with Crippen molar-refractivity contribution in [3.63, 3.8) is 0 Å². The Morgan fingerprint density at radius 3 is 2.05 bits per heavy atom. The smallest absolute Gasteiger partial charge is 0.377 e. The van der Waals surface area contributed by atoms with E-state index in [1.165, 1.54) is 0 Å². The third-order valence-electron chi connectivity index (χ3n) is 3.06. The van der Waals surface area contributed by atoms with Crippen molar-refractivity contribution in [2.45, 2.75) is 45.2 Å². The van der Waals surface area contributed by atoms with E-state index in [9.17, 15) is 4.79 Å². The first-order valence-corrected chi connectivity index (χ1v) is 8.28. The molecule has 0 aromatic rings. The molecule has 0 aromatic carbocycles. The third-order valence-corrected chi connectivity index (χ3v) is 5.89. The largest absolute Gasteiger partial charge is 0.500 e. The molecule has 19 heavy (non-hydrogen) atoms. The maximum atomic E-state index is 11.6. The fraction of sp³-hybridized carbons (Fsp3) is 0.769. The molecule has 0 fully saturated rings. The van der Waals surface area contributed by atoms with Crippen LogP contribution in [0.25, 0.3) is 0 Å². The highest BCUT2D eigenvalue weighted by Crippen LogP contribution is 2.20. The molecule has 0 aliphatic rings. The number of nitrogens with one attached hydrogen (secondary N) is 1. The fourth-order valence-electron chi connectivity index (χ4n) is 1.78. The highest BCUT2D eigenvalue weighted by atomic mass is 28.4. The predicted octanol–water partition coefficient (Wildman–Crippen LogP) is 2.12. The van der Waals surface area contributed by atoms with Gasteiger partial charge in [0.15, 0.2) is 0 Å². The third kappa shape index (κ3) is 6.33. The van der Waals surface area contributed by atoms with E-state index in [0.717, 1.165) is 18.9 Å². The molecule has 0 aliphatic heterocycles. The van der Waals surface area contributed by atoms with Crippen LogP contribution in [-0.2, 0) is 18.1 Å². The number of rotatable bonds is 9. The fourth-order valence-corrected chi connectivity index (χ4v) is 3.50. The molecule has 5 nitrogen and oxygen atoms in total. The average Bonchev–Trinajstić information content (AvgIpc) is 2.34. The lowest BCUT2D eigenvalue weighted by Gasteiger charge is -2.29. The van der Waals surface area contributed by atoms with Crippen molar-refractivity contribution in [1.82, 2.24) is 5.32 Å². The Bertz CT molecular complexity index is 306. The summed E-state index contributed by atoms with van der Waals surface area (Å²) in [6, 6.07) is 0.725. The summed E-state index contributed by atoms with van der Waals surface area (Å²) in [7, 11) is 2.30. The Morgan fingerprint density at radius 2 is 1.68 bits per heavy atom. The van der Waals surface area contributed by atoms with Crippen LogP contribution in [0.2, 0.25) is 6.04 Å². The van der Waals surface area contributed by atoms with Gasteiger partial charge in [-0.05, 0) is 33.6 Å². The predicted molar refractivity (Wildman–Crippen MR) is 77.9 cm³/mol. The summed E-state index contributed by atoms with van der Waals surface area (Å²) in [6.45, 7) is 9.31. The number of amides is 1. The molecule has 6 heteroatoms. The van der Waals surface area contributed by atoms with Crippen LogP contribution in [0.3, 0.4) is 0 Å². The molecule has 112 valence electrons. The standard InChI is InChI=1S/C13H27NO4Si/c1-11(2)12(15)14-13(3,4)9-8-10-19(16-5,17-6)18-7/h1,8-10H2,2-7H3,(H,14,15). The lowest BCUT2D eigenvalue weighted by atomic mass is 9.98. The van der Waals surface area contributed by atoms with E-state index in [-0.39, 0.29) is 11.4 Å². The first-order valence-electron chi connectivity index (χ1n) is 6.35. The summed E-state index contributed by atoms with van der Waals surface area (Å²) in [6.07, 6.45) is 1.67. The summed E-state index contributed by atoms with van der Waals surface area (Å²) < 4.78 is 16.1. The zero-order valence-electron chi connectivity index (χ0n) is 13.0. The maximum absolute atomic E-state index is 11.6. The SMILES string of the molecule is C=C(C)C(=O)NC(C)(C)CCC[Si](OC)(OC)OC. The molecule has 1 amide bonds. The molecule has 0 saturated carbocycles. The second kappa shape index (κ2) is 7.79. The minimum absolute atomic E-state index is 0.112. The van der Waals surface area contributed by atoms with E-state index < -0.39 is 8.80 Å². The average molecular weight is 289 g/mol. The van der Waals surface area contributed by atoms with Crippen LogP contribution in [0.4, 0.5) is 0 Å². The van der Waals surface area contributed by atoms with Crippen molar-refractivity contribution in [1.29, 1.82) is 0 Å². The number of carbonyl (C=O) groups excluding carboxylic acids is 1. The second-order valence-corrected chi connectivity index (χ2v) is 8.36. The highest BCUT2D eigenvalue weighted by molar-refractivity contribution is 6.60. The lowest BCUT2D eigenvalue weighted by molar-refractivity contribution is -0.119. The van der Waals surface area contributed by atoms with E-state index in [1.54, 1.807) is 28.3 Å². The van der Waals surface area contributed by atoms with E-state index >= 15 is 0 Å². The van der Waals surface area contributed by atoms with Crippen LogP contribution in [0.5, 0.6) is 0 Å². The Balaban J connectivity index is 4.31. The van der Waals surface area contributed by atoms with Gasteiger partial charge in [0.2, 0.25) is 5.91 Å². The molecule has 0 saturated heterocycles. The Hall–Kier alpha value is -0.693. The van der Waals surface area contributed by atoms with Gasteiger partial charge in [-0.3, -0.25) is 4.79 Å². The van der Waals surface area contributed by atoms with Gasteiger partial charge in [0.05, 0.1) is 0 Å². The van der Waals surface area contributed by atoms with Crippen LogP contribution in [0.1, 0.15) is 33.6 Å². The van der Waals surface area contributed by atoms with Crippen molar-refractivity contribution in [2.75, 3.05) is 21.3 Å². The summed E-state index contributed by atoms with van der Waals surface area (Å²) in [5, 5.41) is 2.95. The van der Waals surface area contributed by atoms with Gasteiger partial charge in [-0.15, -0.1) is 0 Å². The van der Waals surface area contributed by atoms with Crippen LogP contribution < -0.4 is 5.32 Å². The number of hydrogen-bond acceptors (Lipinski definition) is 4. The van der Waals surface area contributed by atoms with Gasteiger partial charge in [0.1, 0.15) is 0 Å². The van der Waals surface area contributed by atoms with Crippen molar-refractivity contribution >= 4 is 14.7 Å². The summed E-state index contributed by atoms with van der Waals surface area (Å²) in [5.41, 5.74) is 0.230. The first kappa shape index (κ1) is 18.3. The van der Waals surface area contributed by atoms with Gasteiger partial charge in [-0.2, -0.15) is 0 Å². The molecule has 0 atom stereocenters. The lowest BCUT2D eigenvalue weighted by Crippen LogP contribution is -2.45. The molecule has 0 unspecified atom stereocenters. The Kier molecular flexibility index (Phi) is 7.51. The molecule has 0 radical (unpaired) electrons. The van der Waals surface area contributed by atoms with Gasteiger partial charge in [-0.25, -0.2) is 0 Å².